The number of piperazine rings is 1. The summed E-state index contributed by atoms with van der Waals surface area (Å²) in [5.74, 6) is -0.246. The summed E-state index contributed by atoms with van der Waals surface area (Å²) in [5.41, 5.74) is 5.61. The summed E-state index contributed by atoms with van der Waals surface area (Å²) in [4.78, 5) is 17.8. The molecule has 1 aliphatic heterocycles. The molecule has 0 atom stereocenters. The molecule has 0 radical (unpaired) electrons. The van der Waals surface area contributed by atoms with Crippen molar-refractivity contribution >= 4 is 5.91 Å². The lowest BCUT2D eigenvalue weighted by molar-refractivity contribution is -0.128. The van der Waals surface area contributed by atoms with Gasteiger partial charge in [-0.15, -0.1) is 0 Å². The summed E-state index contributed by atoms with van der Waals surface area (Å²) in [5, 5.41) is 17.9. The van der Waals surface area contributed by atoms with Crippen LogP contribution in [0.4, 0.5) is 0 Å². The molecule has 3 N–H and O–H groups in total. The largest absolute Gasteiger partial charge is 0.395 e. The van der Waals surface area contributed by atoms with E-state index in [1.807, 2.05) is 6.07 Å². The Morgan fingerprint density at radius 3 is 2.60 bits per heavy atom. The van der Waals surface area contributed by atoms with Crippen molar-refractivity contribution in [3.63, 3.8) is 0 Å². The molecule has 0 bridgehead atoms. The number of nitrogens with zero attached hydrogens (tertiary/aromatic N) is 4. The first-order chi connectivity index (χ1) is 9.62. The van der Waals surface area contributed by atoms with Gasteiger partial charge >= 0.3 is 0 Å². The molecule has 112 valence electrons. The normalized spacial score (nSPS) is 16.9. The number of aliphatic hydroxyl groups is 1. The van der Waals surface area contributed by atoms with Crippen LogP contribution in [0.25, 0.3) is 0 Å². The van der Waals surface area contributed by atoms with Crippen LogP contribution in [0.1, 0.15) is 0 Å². The van der Waals surface area contributed by atoms with Crippen LogP contribution < -0.4 is 5.73 Å². The number of nitriles is 1. The van der Waals surface area contributed by atoms with Crippen LogP contribution in [0.15, 0.2) is 11.8 Å². The van der Waals surface area contributed by atoms with E-state index >= 15 is 0 Å². The molecule has 0 aromatic carbocycles. The van der Waals surface area contributed by atoms with Crippen LogP contribution in [-0.4, -0.2) is 85.2 Å². The molecule has 7 heteroatoms. The average Bonchev–Trinajstić information content (AvgIpc) is 2.45. The lowest BCUT2D eigenvalue weighted by Crippen LogP contribution is -2.50. The van der Waals surface area contributed by atoms with Crippen molar-refractivity contribution in [2.45, 2.75) is 0 Å². The van der Waals surface area contributed by atoms with E-state index in [4.69, 9.17) is 16.1 Å². The lowest BCUT2D eigenvalue weighted by Gasteiger charge is -2.34. The molecule has 1 fully saturated rings. The Morgan fingerprint density at radius 1 is 1.45 bits per heavy atom. The monoisotopic (exact) mass is 281 g/mol. The fraction of sp³-hybridized carbons (Fsp3) is 0.692. The van der Waals surface area contributed by atoms with Gasteiger partial charge < -0.3 is 20.6 Å². The van der Waals surface area contributed by atoms with Gasteiger partial charge in [0, 0.05) is 59.1 Å². The van der Waals surface area contributed by atoms with Crippen LogP contribution in [0, 0.1) is 11.3 Å². The first-order valence-corrected chi connectivity index (χ1v) is 6.77. The molecule has 0 saturated carbocycles. The van der Waals surface area contributed by atoms with Crippen LogP contribution in [0.3, 0.4) is 0 Å². The van der Waals surface area contributed by atoms with E-state index in [2.05, 4.69) is 4.90 Å². The number of nitrogens with two attached hydrogens (primary N) is 1. The molecule has 0 unspecified atom stereocenters. The second-order valence-corrected chi connectivity index (χ2v) is 4.78. The molecule has 1 amide bonds. The van der Waals surface area contributed by atoms with Gasteiger partial charge in [-0.05, 0) is 0 Å². The van der Waals surface area contributed by atoms with Gasteiger partial charge in [-0.2, -0.15) is 5.26 Å². The van der Waals surface area contributed by atoms with Gasteiger partial charge in [-0.25, -0.2) is 0 Å². The van der Waals surface area contributed by atoms with Gasteiger partial charge in [-0.1, -0.05) is 0 Å². The molecule has 1 saturated heterocycles. The van der Waals surface area contributed by atoms with E-state index in [-0.39, 0.29) is 18.1 Å². The zero-order chi connectivity index (χ0) is 15.0. The molecule has 0 aromatic rings. The molecular formula is C13H23N5O2. The van der Waals surface area contributed by atoms with Crippen LogP contribution in [-0.2, 0) is 4.79 Å². The number of amides is 1. The Bertz CT molecular complexity index is 383. The third kappa shape index (κ3) is 4.81. The standard InChI is InChI=1S/C13H23N5O2/c1-16(8-9-19)11-12(10-15)13(20)18-6-4-17(3-2-14)5-7-18/h11,19H,2-9,14H2,1H3/b12-11-. The number of hydrogen-bond acceptors (Lipinski definition) is 6. The van der Waals surface area contributed by atoms with Crippen molar-refractivity contribution in [2.24, 2.45) is 5.73 Å². The summed E-state index contributed by atoms with van der Waals surface area (Å²) < 4.78 is 0. The maximum absolute atomic E-state index is 12.2. The average molecular weight is 281 g/mol. The van der Waals surface area contributed by atoms with Gasteiger partial charge in [0.15, 0.2) is 0 Å². The first-order valence-electron chi connectivity index (χ1n) is 6.77. The minimum absolute atomic E-state index is 0.0162. The van der Waals surface area contributed by atoms with Crippen LogP contribution in [0.5, 0.6) is 0 Å². The van der Waals surface area contributed by atoms with Crippen molar-refractivity contribution in [3.05, 3.63) is 11.8 Å². The lowest BCUT2D eigenvalue weighted by atomic mass is 10.2. The number of rotatable bonds is 6. The van der Waals surface area contributed by atoms with Crippen molar-refractivity contribution in [1.82, 2.24) is 14.7 Å². The molecule has 0 aromatic heterocycles. The number of carbonyl (C=O) groups excluding carboxylic acids is 1. The Hall–Kier alpha value is -1.62. The third-order valence-electron chi connectivity index (χ3n) is 3.26. The summed E-state index contributed by atoms with van der Waals surface area (Å²) in [7, 11) is 1.72. The number of hydrogen-bond donors (Lipinski definition) is 2. The molecular weight excluding hydrogens is 258 g/mol. The summed E-state index contributed by atoms with van der Waals surface area (Å²) in [6.45, 7) is 4.62. The van der Waals surface area contributed by atoms with Crippen molar-refractivity contribution in [3.8, 4) is 6.07 Å². The fourth-order valence-corrected chi connectivity index (χ4v) is 2.10. The fourth-order valence-electron chi connectivity index (χ4n) is 2.10. The van der Waals surface area contributed by atoms with Crippen molar-refractivity contribution in [1.29, 1.82) is 5.26 Å². The van der Waals surface area contributed by atoms with E-state index in [0.717, 1.165) is 19.6 Å². The van der Waals surface area contributed by atoms with Gasteiger partial charge in [0.1, 0.15) is 11.6 Å². The Kier molecular flexibility index (Phi) is 7.01. The van der Waals surface area contributed by atoms with E-state index < -0.39 is 0 Å². The highest BCUT2D eigenvalue weighted by Gasteiger charge is 2.23. The van der Waals surface area contributed by atoms with Crippen LogP contribution >= 0.6 is 0 Å². The summed E-state index contributed by atoms with van der Waals surface area (Å²) >= 11 is 0. The summed E-state index contributed by atoms with van der Waals surface area (Å²) in [6.07, 6.45) is 1.49. The summed E-state index contributed by atoms with van der Waals surface area (Å²) in [6, 6.07) is 1.94. The third-order valence-corrected chi connectivity index (χ3v) is 3.26. The Balaban J connectivity index is 2.58. The highest BCUT2D eigenvalue weighted by atomic mass is 16.3. The zero-order valence-electron chi connectivity index (χ0n) is 12.0. The zero-order valence-corrected chi connectivity index (χ0v) is 12.0. The number of carbonyl (C=O) groups is 1. The van der Waals surface area contributed by atoms with Crippen molar-refractivity contribution < 1.29 is 9.90 Å². The predicted octanol–water partition coefficient (Wildman–Crippen LogP) is -1.58. The maximum Gasteiger partial charge on any atom is 0.266 e. The Labute approximate surface area is 119 Å². The topological polar surface area (TPSA) is 96.8 Å². The van der Waals surface area contributed by atoms with Crippen LogP contribution in [0.2, 0.25) is 0 Å². The predicted molar refractivity (Wildman–Crippen MR) is 75.5 cm³/mol. The van der Waals surface area contributed by atoms with Gasteiger partial charge in [-0.3, -0.25) is 9.69 Å². The quantitative estimate of drug-likeness (QED) is 0.450. The Morgan fingerprint density at radius 2 is 2.10 bits per heavy atom. The smallest absolute Gasteiger partial charge is 0.266 e. The highest BCUT2D eigenvalue weighted by molar-refractivity contribution is 5.97. The van der Waals surface area contributed by atoms with E-state index in [9.17, 15) is 4.79 Å². The van der Waals surface area contributed by atoms with E-state index in [1.165, 1.54) is 6.20 Å². The molecule has 20 heavy (non-hydrogen) atoms. The van der Waals surface area contributed by atoms with Gasteiger partial charge in [0.25, 0.3) is 5.91 Å². The number of likely N-dealkylation sites (N-methyl/N-ethyl adjacent to an activating group) is 1. The maximum atomic E-state index is 12.2. The first kappa shape index (κ1) is 16.4. The molecule has 1 rings (SSSR count). The SMILES string of the molecule is CN(/C=C(/C#N)C(=O)N1CCN(CCN)CC1)CCO. The van der Waals surface area contributed by atoms with E-state index in [1.54, 1.807) is 16.8 Å². The second kappa shape index (κ2) is 8.53. The minimum atomic E-state index is -0.246. The van der Waals surface area contributed by atoms with Gasteiger partial charge in [0.05, 0.1) is 6.61 Å². The molecule has 1 heterocycles. The van der Waals surface area contributed by atoms with Gasteiger partial charge in [0.2, 0.25) is 0 Å². The number of aliphatic hydroxyl groups excluding tert-OH is 1. The molecule has 0 spiro atoms. The van der Waals surface area contributed by atoms with E-state index in [0.29, 0.717) is 26.2 Å². The molecule has 7 nitrogen and oxygen atoms in total. The molecule has 0 aliphatic carbocycles. The molecule has 1 aliphatic rings. The highest BCUT2D eigenvalue weighted by Crippen LogP contribution is 2.07. The second-order valence-electron chi connectivity index (χ2n) is 4.78. The van der Waals surface area contributed by atoms with Crippen molar-refractivity contribution in [2.75, 3.05) is 59.5 Å². The minimum Gasteiger partial charge on any atom is -0.395 e.